The molecule has 0 aromatic rings. The van der Waals surface area contributed by atoms with E-state index in [1.54, 1.807) is 6.08 Å². The molecular formula is C67H125NO10. The first-order chi connectivity index (χ1) is 38.2. The molecule has 6 N–H and O–H groups in total. The van der Waals surface area contributed by atoms with Crippen LogP contribution in [0.1, 0.15) is 316 Å². The van der Waals surface area contributed by atoms with Crippen LogP contribution in [0.3, 0.4) is 0 Å². The quantitative estimate of drug-likeness (QED) is 0.0195. The summed E-state index contributed by atoms with van der Waals surface area (Å²) in [6.07, 6.45) is 56.1. The number of unbranched alkanes of at least 4 members (excludes halogenated alkanes) is 39. The molecule has 0 aliphatic carbocycles. The summed E-state index contributed by atoms with van der Waals surface area (Å²) in [5.41, 5.74) is 0. The van der Waals surface area contributed by atoms with Gasteiger partial charge in [-0.1, -0.05) is 269 Å². The molecule has 1 rings (SSSR count). The van der Waals surface area contributed by atoms with Crippen LogP contribution in [0.5, 0.6) is 0 Å². The number of nitrogens with one attached hydrogen (secondary N) is 1. The van der Waals surface area contributed by atoms with Crippen LogP contribution >= 0.6 is 0 Å². The fourth-order valence-corrected chi connectivity index (χ4v) is 10.5. The molecule has 0 saturated carbocycles. The summed E-state index contributed by atoms with van der Waals surface area (Å²) in [5, 5.41) is 57.1. The Morgan fingerprint density at radius 3 is 1.26 bits per heavy atom. The summed E-state index contributed by atoms with van der Waals surface area (Å²) in [4.78, 5) is 26.6. The van der Waals surface area contributed by atoms with Gasteiger partial charge in [0.2, 0.25) is 5.91 Å². The summed E-state index contributed by atoms with van der Waals surface area (Å²) >= 11 is 0. The standard InChI is InChI=1S/C67H125NO10/c1-4-7-10-13-16-19-22-25-27-28-29-30-31-32-33-35-36-39-42-45-48-51-54-60(71)66(75)68-58(59(70)53-50-47-44-41-38-24-21-18-15-12-9-6-3)57-76-67-65(64(74)63(73)61(56-69)77-67)78-62(72)55-52-49-46-43-40-37-34-26-23-20-17-14-11-8-5-2/h20,23,25,27,50,53,58-61,63-65,67,69-71,73-74H,4-19,21-22,24,26,28-49,51-52,54-57H2,1-3H3,(H,68,75)/b23-20-,27-25+,53-50+. The summed E-state index contributed by atoms with van der Waals surface area (Å²) in [5.74, 6) is -1.19. The van der Waals surface area contributed by atoms with Gasteiger partial charge in [0, 0.05) is 6.42 Å². The number of aliphatic hydroxyl groups excluding tert-OH is 5. The number of esters is 1. The molecule has 78 heavy (non-hydrogen) atoms. The number of hydrogen-bond acceptors (Lipinski definition) is 10. The zero-order chi connectivity index (χ0) is 56.8. The normalized spacial score (nSPS) is 19.1. The van der Waals surface area contributed by atoms with Gasteiger partial charge in [0.1, 0.15) is 24.4 Å². The summed E-state index contributed by atoms with van der Waals surface area (Å²) in [7, 11) is 0. The average molecular weight is 1100 g/mol. The lowest BCUT2D eigenvalue weighted by Crippen LogP contribution is -2.61. The lowest BCUT2D eigenvalue weighted by molar-refractivity contribution is -0.305. The Bertz CT molecular complexity index is 1410. The zero-order valence-corrected chi connectivity index (χ0v) is 50.8. The van der Waals surface area contributed by atoms with Gasteiger partial charge >= 0.3 is 5.97 Å². The Morgan fingerprint density at radius 1 is 0.487 bits per heavy atom. The Morgan fingerprint density at radius 2 is 0.846 bits per heavy atom. The highest BCUT2D eigenvalue weighted by Crippen LogP contribution is 2.26. The largest absolute Gasteiger partial charge is 0.454 e. The van der Waals surface area contributed by atoms with Gasteiger partial charge in [-0.05, 0) is 77.0 Å². The summed E-state index contributed by atoms with van der Waals surface area (Å²) in [6, 6.07) is -1.02. The fourth-order valence-electron chi connectivity index (χ4n) is 10.5. The third-order valence-corrected chi connectivity index (χ3v) is 15.8. The van der Waals surface area contributed by atoms with E-state index in [0.717, 1.165) is 70.6 Å². The van der Waals surface area contributed by atoms with Crippen LogP contribution in [0, 0.1) is 0 Å². The molecule has 0 aromatic heterocycles. The van der Waals surface area contributed by atoms with Crippen LogP contribution in [0.25, 0.3) is 0 Å². The monoisotopic (exact) mass is 1100 g/mol. The molecule has 0 spiro atoms. The van der Waals surface area contributed by atoms with Crippen molar-refractivity contribution < 1.29 is 49.3 Å². The Labute approximate surface area is 479 Å². The minimum Gasteiger partial charge on any atom is -0.454 e. The highest BCUT2D eigenvalue weighted by molar-refractivity contribution is 5.80. The lowest BCUT2D eigenvalue weighted by Gasteiger charge is -2.41. The van der Waals surface area contributed by atoms with Crippen molar-refractivity contribution in [2.24, 2.45) is 0 Å². The number of carbonyl (C=O) groups excluding carboxylic acids is 2. The van der Waals surface area contributed by atoms with E-state index in [0.29, 0.717) is 19.3 Å². The number of hydrogen-bond donors (Lipinski definition) is 6. The second-order valence-corrected chi connectivity index (χ2v) is 23.2. The minimum absolute atomic E-state index is 0.121. The molecule has 0 bridgehead atoms. The predicted octanol–water partition coefficient (Wildman–Crippen LogP) is 16.2. The van der Waals surface area contributed by atoms with Crippen molar-refractivity contribution in [3.63, 3.8) is 0 Å². The fraction of sp³-hybridized carbons (Fsp3) is 0.881. The van der Waals surface area contributed by atoms with Crippen molar-refractivity contribution in [1.82, 2.24) is 5.32 Å². The van der Waals surface area contributed by atoms with Gasteiger partial charge in [0.05, 0.1) is 25.4 Å². The molecule has 11 nitrogen and oxygen atoms in total. The van der Waals surface area contributed by atoms with Crippen LogP contribution in [-0.2, 0) is 23.8 Å². The molecule has 1 amide bonds. The molecule has 0 aromatic carbocycles. The van der Waals surface area contributed by atoms with E-state index in [9.17, 15) is 35.1 Å². The molecule has 1 saturated heterocycles. The van der Waals surface area contributed by atoms with Gasteiger partial charge in [-0.15, -0.1) is 0 Å². The molecule has 458 valence electrons. The predicted molar refractivity (Wildman–Crippen MR) is 324 cm³/mol. The molecular weight excluding hydrogens is 979 g/mol. The molecule has 11 heteroatoms. The molecule has 1 aliphatic heterocycles. The second kappa shape index (κ2) is 55.4. The van der Waals surface area contributed by atoms with Gasteiger partial charge in [0.15, 0.2) is 12.4 Å². The number of carbonyl (C=O) groups is 2. The van der Waals surface area contributed by atoms with E-state index in [1.807, 2.05) is 6.08 Å². The van der Waals surface area contributed by atoms with Crippen molar-refractivity contribution in [2.45, 2.75) is 365 Å². The first-order valence-corrected chi connectivity index (χ1v) is 33.3. The van der Waals surface area contributed by atoms with E-state index in [2.05, 4.69) is 50.4 Å². The zero-order valence-electron chi connectivity index (χ0n) is 50.8. The smallest absolute Gasteiger partial charge is 0.306 e. The molecule has 0 radical (unpaired) electrons. The third kappa shape index (κ3) is 42.7. The number of aliphatic hydroxyl groups is 5. The van der Waals surface area contributed by atoms with E-state index < -0.39 is 67.4 Å². The van der Waals surface area contributed by atoms with Gasteiger partial charge in [-0.3, -0.25) is 9.59 Å². The number of ether oxygens (including phenoxy) is 3. The van der Waals surface area contributed by atoms with E-state index in [-0.39, 0.29) is 13.0 Å². The van der Waals surface area contributed by atoms with Crippen LogP contribution in [0.2, 0.25) is 0 Å². The van der Waals surface area contributed by atoms with Crippen LogP contribution in [0.15, 0.2) is 36.5 Å². The van der Waals surface area contributed by atoms with Crippen molar-refractivity contribution in [2.75, 3.05) is 13.2 Å². The second-order valence-electron chi connectivity index (χ2n) is 23.2. The first-order valence-electron chi connectivity index (χ1n) is 33.3. The number of amides is 1. The number of rotatable bonds is 57. The van der Waals surface area contributed by atoms with E-state index in [4.69, 9.17) is 14.2 Å². The van der Waals surface area contributed by atoms with Crippen molar-refractivity contribution in [3.05, 3.63) is 36.5 Å². The average Bonchev–Trinajstić information content (AvgIpc) is 3.45. The Kier molecular flexibility index (Phi) is 52.5. The van der Waals surface area contributed by atoms with E-state index >= 15 is 0 Å². The summed E-state index contributed by atoms with van der Waals surface area (Å²) < 4.78 is 17.6. The maximum absolute atomic E-state index is 13.5. The van der Waals surface area contributed by atoms with Gasteiger partial charge in [-0.2, -0.15) is 0 Å². The van der Waals surface area contributed by atoms with Crippen LogP contribution < -0.4 is 5.32 Å². The highest BCUT2D eigenvalue weighted by atomic mass is 16.7. The minimum atomic E-state index is -1.61. The van der Waals surface area contributed by atoms with Gasteiger partial charge in [-0.25, -0.2) is 0 Å². The third-order valence-electron chi connectivity index (χ3n) is 15.8. The highest BCUT2D eigenvalue weighted by Gasteiger charge is 2.47. The molecule has 1 aliphatic rings. The van der Waals surface area contributed by atoms with Crippen molar-refractivity contribution >= 4 is 11.9 Å². The lowest BCUT2D eigenvalue weighted by atomic mass is 9.99. The Balaban J connectivity index is 2.61. The Hall–Kier alpha value is -2.12. The SMILES string of the molecule is CCCCCC/C=C\CCCCCCCCCC(=O)OC1C(OCC(NC(=O)C(O)CCCCCCCCCCCCCC/C=C/CCCCCCCC)C(O)/C=C/CCCCCCCCCCCC)OC(CO)C(O)C1O. The molecule has 8 atom stereocenters. The molecule has 8 unspecified atom stereocenters. The molecule has 1 fully saturated rings. The topological polar surface area (TPSA) is 175 Å². The van der Waals surface area contributed by atoms with Crippen molar-refractivity contribution in [1.29, 1.82) is 0 Å². The maximum atomic E-state index is 13.5. The van der Waals surface area contributed by atoms with Crippen LogP contribution in [-0.4, -0.2) is 99.6 Å². The van der Waals surface area contributed by atoms with Gasteiger partial charge in [0.25, 0.3) is 0 Å². The number of allylic oxidation sites excluding steroid dienone is 5. The van der Waals surface area contributed by atoms with Crippen molar-refractivity contribution in [3.8, 4) is 0 Å². The molecule has 1 heterocycles. The summed E-state index contributed by atoms with van der Waals surface area (Å²) in [6.45, 7) is 5.80. The van der Waals surface area contributed by atoms with Crippen LogP contribution in [0.4, 0.5) is 0 Å². The first kappa shape index (κ1) is 73.9. The van der Waals surface area contributed by atoms with Gasteiger partial charge < -0.3 is 45.1 Å². The van der Waals surface area contributed by atoms with E-state index in [1.165, 1.54) is 199 Å². The maximum Gasteiger partial charge on any atom is 0.306 e.